The molecule has 0 aromatic rings. The minimum Gasteiger partial charge on any atom is -0.357 e. The number of carbonyl (C=O) groups is 2. The van der Waals surface area contributed by atoms with Crippen LogP contribution in [0, 0.1) is 52.3 Å². The van der Waals surface area contributed by atoms with E-state index in [1.54, 1.807) is 0 Å². The minimum atomic E-state index is -0.0760. The molecule has 7 heteroatoms. The van der Waals surface area contributed by atoms with Gasteiger partial charge in [-0.15, -0.1) is 0 Å². The lowest BCUT2D eigenvalue weighted by Gasteiger charge is -2.61. The number of hydrogen-bond acceptors (Lipinski definition) is 5. The fraction of sp³-hybridized carbons (Fsp3) is 0.950. The van der Waals surface area contributed by atoms with E-state index in [-0.39, 0.29) is 30.0 Å². The first-order valence-corrected chi connectivity index (χ1v) is 20.3. The molecular formula is C40H66N4O3. The molecule has 0 radical (unpaired) electrons. The van der Waals surface area contributed by atoms with Crippen molar-refractivity contribution in [3.63, 3.8) is 0 Å². The van der Waals surface area contributed by atoms with Gasteiger partial charge in [0.2, 0.25) is 11.8 Å². The van der Waals surface area contributed by atoms with Gasteiger partial charge in [-0.1, -0.05) is 34.1 Å². The highest BCUT2D eigenvalue weighted by atomic mass is 16.5. The van der Waals surface area contributed by atoms with Crippen molar-refractivity contribution in [2.45, 2.75) is 154 Å². The van der Waals surface area contributed by atoms with Crippen LogP contribution < -0.4 is 10.6 Å². The van der Waals surface area contributed by atoms with Crippen molar-refractivity contribution in [3.8, 4) is 0 Å². The molecule has 12 atom stereocenters. The van der Waals surface area contributed by atoms with Crippen molar-refractivity contribution in [3.05, 3.63) is 0 Å². The molecule has 264 valence electrons. The number of nitrogens with one attached hydrogen (secondary N) is 2. The summed E-state index contributed by atoms with van der Waals surface area (Å²) >= 11 is 0. The van der Waals surface area contributed by atoms with E-state index in [4.69, 9.17) is 4.74 Å². The predicted molar refractivity (Wildman–Crippen MR) is 185 cm³/mol. The average molecular weight is 651 g/mol. The number of nitrogens with zero attached hydrogens (tertiary/aromatic N) is 2. The second-order valence-corrected chi connectivity index (χ2v) is 18.7. The maximum Gasteiger partial charge on any atom is 0.232 e. The zero-order valence-corrected chi connectivity index (χ0v) is 30.2. The Kier molecular flexibility index (Phi) is 8.81. The first-order valence-electron chi connectivity index (χ1n) is 20.3. The molecule has 4 saturated carbocycles. The van der Waals surface area contributed by atoms with Crippen molar-refractivity contribution in [2.75, 3.05) is 32.7 Å². The number of rotatable bonds is 4. The Hall–Kier alpha value is -1.18. The highest BCUT2D eigenvalue weighted by molar-refractivity contribution is 5.97. The largest absolute Gasteiger partial charge is 0.357 e. The minimum absolute atomic E-state index is 0.0242. The maximum atomic E-state index is 13.2. The van der Waals surface area contributed by atoms with Crippen molar-refractivity contribution < 1.29 is 14.3 Å². The Bertz CT molecular complexity index is 1170. The van der Waals surface area contributed by atoms with Crippen LogP contribution in [0.5, 0.6) is 0 Å². The van der Waals surface area contributed by atoms with Crippen LogP contribution >= 0.6 is 0 Å². The van der Waals surface area contributed by atoms with Gasteiger partial charge in [0.1, 0.15) is 12.1 Å². The van der Waals surface area contributed by atoms with Gasteiger partial charge in [-0.3, -0.25) is 14.9 Å². The standard InChI is InChI=1S/C40H66N4O3/c1-26-10-17-40(41-25-26)27(2)37-34(47-40)23-33-31-9-8-28-22-29(11-15-38(28,3)32(31)12-16-39(33,37)4)42-35(45)24-36(46)44-20-13-30(14-21-44)43-18-6-5-7-19-43/h26-34,37,41H,5-25H2,1-4H3,(H,42,45)/t26-,27+,28-,29?,31-,32+,33+,34+,37+,38+,39+,40-/m1/s1. The molecule has 0 aromatic carbocycles. The van der Waals surface area contributed by atoms with E-state index in [0.717, 1.165) is 69.0 Å². The third kappa shape index (κ3) is 5.63. The lowest BCUT2D eigenvalue weighted by Crippen LogP contribution is -2.58. The Morgan fingerprint density at radius 2 is 1.60 bits per heavy atom. The number of fused-ring (bicyclic) bond motifs is 7. The summed E-state index contributed by atoms with van der Waals surface area (Å²) in [5.41, 5.74) is 0.711. The van der Waals surface area contributed by atoms with E-state index in [9.17, 15) is 9.59 Å². The summed E-state index contributed by atoms with van der Waals surface area (Å²) in [5, 5.41) is 7.28. The fourth-order valence-corrected chi connectivity index (χ4v) is 13.9. The summed E-state index contributed by atoms with van der Waals surface area (Å²) in [6.07, 6.45) is 19.1. The summed E-state index contributed by atoms with van der Waals surface area (Å²) in [7, 11) is 0. The first-order chi connectivity index (χ1) is 22.6. The highest BCUT2D eigenvalue weighted by Gasteiger charge is 2.68. The molecule has 8 fully saturated rings. The van der Waals surface area contributed by atoms with Gasteiger partial charge in [-0.25, -0.2) is 0 Å². The molecular weight excluding hydrogens is 584 g/mol. The molecule has 4 heterocycles. The second kappa shape index (κ2) is 12.5. The van der Waals surface area contributed by atoms with E-state index in [0.29, 0.717) is 40.7 Å². The van der Waals surface area contributed by atoms with Gasteiger partial charge in [0, 0.05) is 37.6 Å². The zero-order chi connectivity index (χ0) is 32.6. The van der Waals surface area contributed by atoms with E-state index in [2.05, 4.69) is 43.2 Å². The predicted octanol–water partition coefficient (Wildman–Crippen LogP) is 6.36. The number of amides is 2. The van der Waals surface area contributed by atoms with Crippen molar-refractivity contribution >= 4 is 11.8 Å². The SMILES string of the molecule is C[C@@H]1CC[C@@]2(NC1)O[C@H]1C[C@H]3[C@@H]4CC[C@@H]5CC(NC(=O)CC(=O)N6CCC(N7CCCCC7)CC6)CC[C@]5(C)[C@H]4CC[C@]3(C)[C@H]1[C@@H]2C. The van der Waals surface area contributed by atoms with Gasteiger partial charge in [0.25, 0.3) is 0 Å². The number of ether oxygens (including phenoxy) is 1. The van der Waals surface area contributed by atoms with Crippen LogP contribution in [-0.4, -0.2) is 78.3 Å². The number of hydrogen-bond donors (Lipinski definition) is 2. The molecule has 0 bridgehead atoms. The Morgan fingerprint density at radius 3 is 2.34 bits per heavy atom. The van der Waals surface area contributed by atoms with Crippen LogP contribution in [0.3, 0.4) is 0 Å². The van der Waals surface area contributed by atoms with Crippen molar-refractivity contribution in [2.24, 2.45) is 52.3 Å². The molecule has 2 amide bonds. The van der Waals surface area contributed by atoms with Crippen molar-refractivity contribution in [1.82, 2.24) is 20.4 Å². The topological polar surface area (TPSA) is 73.9 Å². The third-order valence-corrected chi connectivity index (χ3v) is 16.5. The van der Waals surface area contributed by atoms with Gasteiger partial charge in [-0.05, 0) is 149 Å². The fourth-order valence-electron chi connectivity index (χ4n) is 13.9. The maximum absolute atomic E-state index is 13.2. The van der Waals surface area contributed by atoms with E-state index < -0.39 is 0 Å². The molecule has 4 saturated heterocycles. The van der Waals surface area contributed by atoms with Crippen LogP contribution in [0.4, 0.5) is 0 Å². The molecule has 4 aliphatic carbocycles. The molecule has 4 aliphatic heterocycles. The van der Waals surface area contributed by atoms with Crippen LogP contribution in [0.25, 0.3) is 0 Å². The Morgan fingerprint density at radius 1 is 0.830 bits per heavy atom. The number of likely N-dealkylation sites (tertiary alicyclic amines) is 2. The zero-order valence-electron chi connectivity index (χ0n) is 30.2. The van der Waals surface area contributed by atoms with Gasteiger partial charge in [0.15, 0.2) is 0 Å². The second-order valence-electron chi connectivity index (χ2n) is 18.7. The molecule has 8 aliphatic rings. The quantitative estimate of drug-likeness (QED) is 0.347. The summed E-state index contributed by atoms with van der Waals surface area (Å²) in [6.45, 7) is 15.3. The number of piperidine rings is 3. The summed E-state index contributed by atoms with van der Waals surface area (Å²) < 4.78 is 7.11. The van der Waals surface area contributed by atoms with Gasteiger partial charge >= 0.3 is 0 Å². The third-order valence-electron chi connectivity index (χ3n) is 16.5. The molecule has 47 heavy (non-hydrogen) atoms. The molecule has 1 spiro atoms. The Balaban J connectivity index is 0.841. The smallest absolute Gasteiger partial charge is 0.232 e. The first kappa shape index (κ1) is 33.0. The highest BCUT2D eigenvalue weighted by Crippen LogP contribution is 2.71. The van der Waals surface area contributed by atoms with Gasteiger partial charge in [0.05, 0.1) is 6.10 Å². The monoisotopic (exact) mass is 651 g/mol. The van der Waals surface area contributed by atoms with Gasteiger partial charge in [-0.2, -0.15) is 0 Å². The Labute approximate surface area is 285 Å². The van der Waals surface area contributed by atoms with Crippen LogP contribution in [0.2, 0.25) is 0 Å². The molecule has 7 nitrogen and oxygen atoms in total. The van der Waals surface area contributed by atoms with Crippen molar-refractivity contribution in [1.29, 1.82) is 0 Å². The van der Waals surface area contributed by atoms with Gasteiger partial charge < -0.3 is 19.9 Å². The molecule has 0 aromatic heterocycles. The normalized spacial score (nSPS) is 48.8. The van der Waals surface area contributed by atoms with E-state index in [1.165, 1.54) is 83.7 Å². The lowest BCUT2D eigenvalue weighted by atomic mass is 9.44. The van der Waals surface area contributed by atoms with Crippen LogP contribution in [-0.2, 0) is 14.3 Å². The van der Waals surface area contributed by atoms with Crippen LogP contribution in [0.15, 0.2) is 0 Å². The summed E-state index contributed by atoms with van der Waals surface area (Å²) in [4.78, 5) is 30.9. The van der Waals surface area contributed by atoms with E-state index in [1.807, 2.05) is 4.90 Å². The molecule has 8 rings (SSSR count). The average Bonchev–Trinajstić information content (AvgIpc) is 3.52. The molecule has 2 N–H and O–H groups in total. The summed E-state index contributed by atoms with van der Waals surface area (Å²) in [6, 6.07) is 0.850. The van der Waals surface area contributed by atoms with Crippen LogP contribution in [0.1, 0.15) is 130 Å². The lowest BCUT2D eigenvalue weighted by molar-refractivity contribution is -0.139. The summed E-state index contributed by atoms with van der Waals surface area (Å²) in [5.74, 6) is 5.14. The molecule has 1 unspecified atom stereocenters. The number of carbonyl (C=O) groups excluding carboxylic acids is 2. The van der Waals surface area contributed by atoms with E-state index >= 15 is 0 Å².